The fourth-order valence-corrected chi connectivity index (χ4v) is 1.43. The molecule has 0 unspecified atom stereocenters. The molecule has 1 aromatic heterocycles. The number of hydrogen-bond donors (Lipinski definition) is 2. The molecule has 1 heterocycles. The maximum atomic E-state index is 12.6. The van der Waals surface area contributed by atoms with Crippen LogP contribution in [0.25, 0.3) is 0 Å². The summed E-state index contributed by atoms with van der Waals surface area (Å²) in [5.74, 6) is -0.998. The molecular formula is C10H12F2N2O3. The van der Waals surface area contributed by atoms with Crippen LogP contribution in [0.2, 0.25) is 0 Å². The lowest BCUT2D eigenvalue weighted by Crippen LogP contribution is -2.13. The molecule has 0 aromatic carbocycles. The molecule has 94 valence electrons. The molecule has 0 aliphatic rings. The predicted octanol–water partition coefficient (Wildman–Crippen LogP) is 0.899. The smallest absolute Gasteiger partial charge is 0.310 e. The van der Waals surface area contributed by atoms with Crippen molar-refractivity contribution in [1.29, 1.82) is 0 Å². The number of esters is 1. The minimum atomic E-state index is -2.81. The van der Waals surface area contributed by atoms with Crippen LogP contribution in [0.5, 0.6) is 5.75 Å². The molecule has 0 saturated heterocycles. The molecule has 1 rings (SSSR count). The number of aromatic nitrogens is 1. The Balaban J connectivity index is 3.25. The molecule has 1 aromatic rings. The van der Waals surface area contributed by atoms with Crippen LogP contribution in [0.3, 0.4) is 0 Å². The highest BCUT2D eigenvalue weighted by molar-refractivity contribution is 5.74. The Bertz CT molecular complexity index is 424. The standard InChI is InChI=1S/C10H12F2N2O3/c1-17-8(16)2-5-6(3-13)9(10(11)12)14-4-7(5)15/h4,10,15H,2-3,13H2,1H3. The number of carbonyl (C=O) groups is 1. The minimum Gasteiger partial charge on any atom is -0.506 e. The molecule has 0 aliphatic carbocycles. The summed E-state index contributed by atoms with van der Waals surface area (Å²) in [5, 5.41) is 9.50. The van der Waals surface area contributed by atoms with E-state index in [4.69, 9.17) is 5.73 Å². The van der Waals surface area contributed by atoms with Crippen molar-refractivity contribution in [2.24, 2.45) is 5.73 Å². The summed E-state index contributed by atoms with van der Waals surface area (Å²) in [5.41, 5.74) is 4.82. The quantitative estimate of drug-likeness (QED) is 0.771. The van der Waals surface area contributed by atoms with Gasteiger partial charge in [0, 0.05) is 17.7 Å². The Hall–Kier alpha value is -1.76. The average molecular weight is 246 g/mol. The van der Waals surface area contributed by atoms with Crippen LogP contribution in [-0.2, 0) is 22.5 Å². The van der Waals surface area contributed by atoms with E-state index in [0.29, 0.717) is 0 Å². The van der Waals surface area contributed by atoms with Crippen LogP contribution < -0.4 is 5.73 Å². The maximum absolute atomic E-state index is 12.6. The van der Waals surface area contributed by atoms with E-state index in [1.807, 2.05) is 0 Å². The predicted molar refractivity (Wildman–Crippen MR) is 54.5 cm³/mol. The molecule has 0 amide bonds. The molecule has 0 radical (unpaired) electrons. The second-order valence-electron chi connectivity index (χ2n) is 3.24. The summed E-state index contributed by atoms with van der Waals surface area (Å²) in [6.45, 7) is -0.243. The van der Waals surface area contributed by atoms with Crippen LogP contribution in [0, 0.1) is 0 Å². The number of ether oxygens (including phenoxy) is 1. The van der Waals surface area contributed by atoms with Gasteiger partial charge in [0.25, 0.3) is 6.43 Å². The molecule has 5 nitrogen and oxygen atoms in total. The highest BCUT2D eigenvalue weighted by Gasteiger charge is 2.21. The van der Waals surface area contributed by atoms with Crippen LogP contribution in [0.15, 0.2) is 6.20 Å². The number of rotatable bonds is 4. The van der Waals surface area contributed by atoms with Gasteiger partial charge in [-0.05, 0) is 0 Å². The normalized spacial score (nSPS) is 10.6. The van der Waals surface area contributed by atoms with Crippen molar-refractivity contribution in [2.45, 2.75) is 19.4 Å². The van der Waals surface area contributed by atoms with Gasteiger partial charge in [-0.25, -0.2) is 8.78 Å². The summed E-state index contributed by atoms with van der Waals surface area (Å²) < 4.78 is 29.7. The van der Waals surface area contributed by atoms with Gasteiger partial charge in [0.1, 0.15) is 11.4 Å². The third-order valence-corrected chi connectivity index (χ3v) is 2.27. The van der Waals surface area contributed by atoms with Gasteiger partial charge in [-0.2, -0.15) is 0 Å². The summed E-state index contributed by atoms with van der Waals surface area (Å²) in [6, 6.07) is 0. The van der Waals surface area contributed by atoms with E-state index in [2.05, 4.69) is 9.72 Å². The molecule has 0 aliphatic heterocycles. The van der Waals surface area contributed by atoms with Gasteiger partial charge in [0.15, 0.2) is 0 Å². The average Bonchev–Trinajstić information content (AvgIpc) is 2.30. The first-order chi connectivity index (χ1) is 8.01. The van der Waals surface area contributed by atoms with Gasteiger partial charge < -0.3 is 15.6 Å². The van der Waals surface area contributed by atoms with E-state index in [-0.39, 0.29) is 29.8 Å². The van der Waals surface area contributed by atoms with Gasteiger partial charge in [-0.15, -0.1) is 0 Å². The van der Waals surface area contributed by atoms with E-state index in [1.165, 1.54) is 0 Å². The summed E-state index contributed by atoms with van der Waals surface area (Å²) in [7, 11) is 1.16. The topological polar surface area (TPSA) is 85.4 Å². The number of halogens is 2. The van der Waals surface area contributed by atoms with Crippen molar-refractivity contribution in [3.05, 3.63) is 23.0 Å². The van der Waals surface area contributed by atoms with Crippen molar-refractivity contribution in [1.82, 2.24) is 4.98 Å². The van der Waals surface area contributed by atoms with Crippen LogP contribution in [-0.4, -0.2) is 23.2 Å². The Morgan fingerprint density at radius 3 is 2.71 bits per heavy atom. The lowest BCUT2D eigenvalue weighted by atomic mass is 10.0. The van der Waals surface area contributed by atoms with Gasteiger partial charge in [-0.1, -0.05) is 0 Å². The molecule has 0 fully saturated rings. The number of alkyl halides is 2. The van der Waals surface area contributed by atoms with Gasteiger partial charge >= 0.3 is 5.97 Å². The van der Waals surface area contributed by atoms with Crippen LogP contribution in [0.4, 0.5) is 8.78 Å². The van der Waals surface area contributed by atoms with Gasteiger partial charge in [0.05, 0.1) is 19.7 Å². The Labute approximate surface area is 96.2 Å². The fourth-order valence-electron chi connectivity index (χ4n) is 1.43. The molecule has 0 saturated carbocycles. The van der Waals surface area contributed by atoms with E-state index >= 15 is 0 Å². The van der Waals surface area contributed by atoms with Crippen molar-refractivity contribution < 1.29 is 23.4 Å². The minimum absolute atomic E-state index is 0.0228. The zero-order valence-corrected chi connectivity index (χ0v) is 9.11. The first-order valence-electron chi connectivity index (χ1n) is 4.75. The second kappa shape index (κ2) is 5.53. The number of nitrogens with zero attached hydrogens (tertiary/aromatic N) is 1. The van der Waals surface area contributed by atoms with Crippen LogP contribution >= 0.6 is 0 Å². The Morgan fingerprint density at radius 2 is 2.24 bits per heavy atom. The highest BCUT2D eigenvalue weighted by Crippen LogP contribution is 2.28. The van der Waals surface area contributed by atoms with E-state index < -0.39 is 18.1 Å². The highest BCUT2D eigenvalue weighted by atomic mass is 19.3. The van der Waals surface area contributed by atoms with Crippen molar-refractivity contribution in [3.63, 3.8) is 0 Å². The number of methoxy groups -OCH3 is 1. The SMILES string of the molecule is COC(=O)Cc1c(O)cnc(C(F)F)c1CN. The number of nitrogens with two attached hydrogens (primary N) is 1. The zero-order valence-electron chi connectivity index (χ0n) is 9.11. The zero-order chi connectivity index (χ0) is 13.0. The largest absolute Gasteiger partial charge is 0.506 e. The second-order valence-corrected chi connectivity index (χ2v) is 3.24. The Morgan fingerprint density at radius 1 is 1.59 bits per heavy atom. The lowest BCUT2D eigenvalue weighted by Gasteiger charge is -2.12. The van der Waals surface area contributed by atoms with Crippen molar-refractivity contribution in [2.75, 3.05) is 7.11 Å². The molecular weight excluding hydrogens is 234 g/mol. The van der Waals surface area contributed by atoms with Crippen LogP contribution in [0.1, 0.15) is 23.2 Å². The van der Waals surface area contributed by atoms with E-state index in [9.17, 15) is 18.7 Å². The molecule has 0 atom stereocenters. The van der Waals surface area contributed by atoms with E-state index in [1.54, 1.807) is 0 Å². The summed E-state index contributed by atoms with van der Waals surface area (Å²) in [6.07, 6.45) is -2.26. The van der Waals surface area contributed by atoms with Crippen molar-refractivity contribution in [3.8, 4) is 5.75 Å². The molecule has 0 bridgehead atoms. The number of hydrogen-bond acceptors (Lipinski definition) is 5. The first kappa shape index (κ1) is 13.3. The lowest BCUT2D eigenvalue weighted by molar-refractivity contribution is -0.139. The molecule has 0 spiro atoms. The summed E-state index contributed by atoms with van der Waals surface area (Å²) in [4.78, 5) is 14.5. The molecule has 3 N–H and O–H groups in total. The molecule has 7 heteroatoms. The number of aromatic hydroxyl groups is 1. The third-order valence-electron chi connectivity index (χ3n) is 2.27. The Kier molecular flexibility index (Phi) is 4.33. The van der Waals surface area contributed by atoms with Gasteiger partial charge in [-0.3, -0.25) is 9.78 Å². The monoisotopic (exact) mass is 246 g/mol. The number of carbonyl (C=O) groups excluding carboxylic acids is 1. The van der Waals surface area contributed by atoms with E-state index in [0.717, 1.165) is 13.3 Å². The first-order valence-corrected chi connectivity index (χ1v) is 4.75. The van der Waals surface area contributed by atoms with Crippen molar-refractivity contribution >= 4 is 5.97 Å². The molecule has 17 heavy (non-hydrogen) atoms. The number of pyridine rings is 1. The third kappa shape index (κ3) is 2.88. The summed E-state index contributed by atoms with van der Waals surface area (Å²) >= 11 is 0. The van der Waals surface area contributed by atoms with Gasteiger partial charge in [0.2, 0.25) is 0 Å². The fraction of sp³-hybridized carbons (Fsp3) is 0.400. The maximum Gasteiger partial charge on any atom is 0.310 e.